The predicted molar refractivity (Wildman–Crippen MR) is 107 cm³/mol. The van der Waals surface area contributed by atoms with Crippen molar-refractivity contribution in [3.63, 3.8) is 0 Å². The Labute approximate surface area is 156 Å². The monoisotopic (exact) mass is 363 g/mol. The van der Waals surface area contributed by atoms with Crippen LogP contribution < -0.4 is 9.47 Å². The van der Waals surface area contributed by atoms with E-state index in [1.165, 1.54) is 0 Å². The Hall–Kier alpha value is -2.86. The summed E-state index contributed by atoms with van der Waals surface area (Å²) >= 11 is 1.61. The quantitative estimate of drug-likeness (QED) is 0.642. The Bertz CT molecular complexity index is 1050. The molecular formula is C20H19N4OS+. The van der Waals surface area contributed by atoms with E-state index in [1.807, 2.05) is 66.6 Å². The maximum Gasteiger partial charge on any atom is 0.401 e. The van der Waals surface area contributed by atoms with Gasteiger partial charge in [-0.25, -0.2) is 9.98 Å². The molecule has 3 aromatic rings. The van der Waals surface area contributed by atoms with E-state index in [0.29, 0.717) is 5.89 Å². The van der Waals surface area contributed by atoms with Crippen LogP contribution in [0, 0.1) is 0 Å². The molecule has 0 unspecified atom stereocenters. The van der Waals surface area contributed by atoms with Gasteiger partial charge in [0.2, 0.25) is 5.89 Å². The first-order chi connectivity index (χ1) is 12.7. The van der Waals surface area contributed by atoms with Crippen molar-refractivity contribution in [3.05, 3.63) is 72.0 Å². The van der Waals surface area contributed by atoms with Crippen LogP contribution in [0.15, 0.2) is 75.5 Å². The van der Waals surface area contributed by atoms with Crippen LogP contribution in [0.1, 0.15) is 12.8 Å². The molecule has 4 rings (SSSR count). The average molecular weight is 363 g/mol. The molecule has 0 atom stereocenters. The summed E-state index contributed by atoms with van der Waals surface area (Å²) in [6, 6.07) is 14.1. The van der Waals surface area contributed by atoms with Gasteiger partial charge in [-0.05, 0) is 37.5 Å². The van der Waals surface area contributed by atoms with Gasteiger partial charge in [-0.3, -0.25) is 4.90 Å². The van der Waals surface area contributed by atoms with Crippen molar-refractivity contribution < 1.29 is 8.98 Å². The van der Waals surface area contributed by atoms with Crippen molar-refractivity contribution in [1.82, 2.24) is 4.98 Å². The topological polar surface area (TPSA) is 45.5 Å². The highest BCUT2D eigenvalue weighted by molar-refractivity contribution is 8.13. The number of nitrogens with zero attached hydrogens (tertiary/aromatic N) is 4. The number of aromatic nitrogens is 2. The fraction of sp³-hybridized carbons (Fsp3) is 0.150. The fourth-order valence-corrected chi connectivity index (χ4v) is 3.57. The van der Waals surface area contributed by atoms with Gasteiger partial charge in [-0.2, -0.15) is 4.57 Å². The van der Waals surface area contributed by atoms with Crippen LogP contribution in [0.4, 0.5) is 5.69 Å². The number of anilines is 1. The standard InChI is InChI=1S/C20H19N4OS/c1-14-12-15(13-18-22-17-10-7-11-23(2)19(17)25-18)21-20(26-3)24(14)16-8-5-4-6-9-16/h4-13H,1-3H3/q+1/b15-13+. The normalized spacial score (nSPS) is 16.1. The number of aryl methyl sites for hydroxylation is 1. The lowest BCUT2D eigenvalue weighted by atomic mass is 10.2. The zero-order valence-electron chi connectivity index (χ0n) is 14.9. The molecule has 1 aliphatic rings. The van der Waals surface area contributed by atoms with E-state index in [9.17, 15) is 0 Å². The largest absolute Gasteiger partial charge is 0.401 e. The molecule has 1 aliphatic heterocycles. The summed E-state index contributed by atoms with van der Waals surface area (Å²) in [6.45, 7) is 2.08. The Morgan fingerprint density at radius 3 is 2.69 bits per heavy atom. The van der Waals surface area contributed by atoms with Crippen molar-refractivity contribution in [1.29, 1.82) is 0 Å². The molecule has 1 aromatic carbocycles. The third-order valence-corrected chi connectivity index (χ3v) is 4.77. The Balaban J connectivity index is 1.73. The second-order valence-electron chi connectivity index (χ2n) is 5.99. The van der Waals surface area contributed by atoms with E-state index in [-0.39, 0.29) is 0 Å². The second kappa shape index (κ2) is 6.80. The van der Waals surface area contributed by atoms with Crippen molar-refractivity contribution in [2.45, 2.75) is 6.92 Å². The van der Waals surface area contributed by atoms with Crippen LogP contribution in [-0.2, 0) is 7.05 Å². The minimum Gasteiger partial charge on any atom is -0.384 e. The maximum atomic E-state index is 5.87. The molecule has 0 fully saturated rings. The number of rotatable bonds is 2. The summed E-state index contributed by atoms with van der Waals surface area (Å²) in [5, 5.41) is 0.920. The number of aliphatic imine (C=N–C) groups is 1. The second-order valence-corrected chi connectivity index (χ2v) is 6.76. The lowest BCUT2D eigenvalue weighted by molar-refractivity contribution is -0.651. The van der Waals surface area contributed by atoms with E-state index in [1.54, 1.807) is 11.8 Å². The molecule has 0 N–H and O–H groups in total. The smallest absolute Gasteiger partial charge is 0.384 e. The summed E-state index contributed by atoms with van der Waals surface area (Å²) < 4.78 is 7.79. The van der Waals surface area contributed by atoms with Crippen molar-refractivity contribution in [2.75, 3.05) is 11.2 Å². The number of fused-ring (bicyclic) bond motifs is 1. The first-order valence-corrected chi connectivity index (χ1v) is 9.51. The molecule has 26 heavy (non-hydrogen) atoms. The van der Waals surface area contributed by atoms with Crippen molar-refractivity contribution in [2.24, 2.45) is 12.0 Å². The van der Waals surface area contributed by atoms with Gasteiger partial charge in [0, 0.05) is 23.5 Å². The molecule has 130 valence electrons. The van der Waals surface area contributed by atoms with Gasteiger partial charge < -0.3 is 4.42 Å². The van der Waals surface area contributed by atoms with Crippen molar-refractivity contribution >= 4 is 39.9 Å². The average Bonchev–Trinajstić information content (AvgIpc) is 3.06. The number of hydrogen-bond donors (Lipinski definition) is 0. The molecular weight excluding hydrogens is 344 g/mol. The molecule has 0 spiro atoms. The predicted octanol–water partition coefficient (Wildman–Crippen LogP) is 4.14. The molecule has 6 heteroatoms. The Morgan fingerprint density at radius 2 is 1.96 bits per heavy atom. The van der Waals surface area contributed by atoms with Gasteiger partial charge in [-0.15, -0.1) is 0 Å². The highest BCUT2D eigenvalue weighted by atomic mass is 32.2. The van der Waals surface area contributed by atoms with Crippen LogP contribution in [-0.4, -0.2) is 16.4 Å². The number of oxazole rings is 1. The van der Waals surface area contributed by atoms with E-state index < -0.39 is 0 Å². The molecule has 0 saturated carbocycles. The summed E-state index contributed by atoms with van der Waals surface area (Å²) in [5.41, 5.74) is 4.60. The van der Waals surface area contributed by atoms with Gasteiger partial charge in [0.15, 0.2) is 16.9 Å². The zero-order chi connectivity index (χ0) is 18.1. The van der Waals surface area contributed by atoms with Gasteiger partial charge in [0.05, 0.1) is 5.70 Å². The summed E-state index contributed by atoms with van der Waals surface area (Å²) in [5.74, 6) is 0.554. The number of amidine groups is 1. The molecule has 2 aromatic heterocycles. The fourth-order valence-electron chi connectivity index (χ4n) is 2.95. The van der Waals surface area contributed by atoms with Crippen LogP contribution in [0.3, 0.4) is 0 Å². The lowest BCUT2D eigenvalue weighted by Crippen LogP contribution is -2.29. The Kier molecular flexibility index (Phi) is 4.34. The highest BCUT2D eigenvalue weighted by Gasteiger charge is 2.20. The van der Waals surface area contributed by atoms with E-state index in [4.69, 9.17) is 9.41 Å². The number of benzene rings is 1. The van der Waals surface area contributed by atoms with Crippen LogP contribution >= 0.6 is 11.8 Å². The van der Waals surface area contributed by atoms with E-state index in [0.717, 1.165) is 33.5 Å². The number of allylic oxidation sites excluding steroid dienone is 2. The first-order valence-electron chi connectivity index (χ1n) is 8.29. The Morgan fingerprint density at radius 1 is 1.15 bits per heavy atom. The number of para-hydroxylation sites is 1. The molecule has 0 amide bonds. The molecule has 3 heterocycles. The third-order valence-electron chi connectivity index (χ3n) is 4.13. The minimum absolute atomic E-state index is 0.554. The van der Waals surface area contributed by atoms with Gasteiger partial charge >= 0.3 is 5.71 Å². The first kappa shape index (κ1) is 16.6. The molecule has 0 saturated heterocycles. The molecule has 0 bridgehead atoms. The van der Waals surface area contributed by atoms with E-state index >= 15 is 0 Å². The summed E-state index contributed by atoms with van der Waals surface area (Å²) in [6.07, 6.45) is 7.89. The van der Waals surface area contributed by atoms with Crippen LogP contribution in [0.25, 0.3) is 17.3 Å². The van der Waals surface area contributed by atoms with E-state index in [2.05, 4.69) is 28.9 Å². The SMILES string of the molecule is CSC1=N/C(=C/c2nc3ccc[n+](C)c3o2)C=C(C)N1c1ccccc1. The van der Waals surface area contributed by atoms with Gasteiger partial charge in [-0.1, -0.05) is 30.0 Å². The van der Waals surface area contributed by atoms with Gasteiger partial charge in [0.25, 0.3) is 0 Å². The third kappa shape index (κ3) is 3.04. The lowest BCUT2D eigenvalue weighted by Gasteiger charge is -2.28. The number of thioether (sulfide) groups is 1. The summed E-state index contributed by atoms with van der Waals surface area (Å²) in [7, 11) is 1.94. The highest BCUT2D eigenvalue weighted by Crippen LogP contribution is 2.29. The summed E-state index contributed by atoms with van der Waals surface area (Å²) in [4.78, 5) is 11.5. The van der Waals surface area contributed by atoms with Crippen molar-refractivity contribution in [3.8, 4) is 0 Å². The maximum absolute atomic E-state index is 5.87. The number of pyridine rings is 1. The molecule has 5 nitrogen and oxygen atoms in total. The van der Waals surface area contributed by atoms with Crippen LogP contribution in [0.2, 0.25) is 0 Å². The van der Waals surface area contributed by atoms with Gasteiger partial charge in [0.1, 0.15) is 7.05 Å². The molecule has 0 radical (unpaired) electrons. The minimum atomic E-state index is 0.554. The molecule has 0 aliphatic carbocycles. The zero-order valence-corrected chi connectivity index (χ0v) is 15.7. The van der Waals surface area contributed by atoms with Crippen LogP contribution in [0.5, 0.6) is 0 Å². The number of hydrogen-bond acceptors (Lipinski definition) is 5.